The molecule has 1 rings (SSSR count). The minimum absolute atomic E-state index is 0.122. The van der Waals surface area contributed by atoms with E-state index in [2.05, 4.69) is 38.3 Å². The molecule has 0 aromatic rings. The molecule has 0 saturated heterocycles. The standard InChI is InChI=1S/C12H22N2O3/c1-8(11(2,3)4)7-13-10(17)14-12(5-6-12)9(15)16/h8H,5-7H2,1-4H3,(H,15,16)(H2,13,14,17). The van der Waals surface area contributed by atoms with Gasteiger partial charge in [-0.05, 0) is 24.2 Å². The van der Waals surface area contributed by atoms with Gasteiger partial charge in [0, 0.05) is 6.54 Å². The molecule has 1 fully saturated rings. The number of nitrogens with one attached hydrogen (secondary N) is 2. The van der Waals surface area contributed by atoms with E-state index < -0.39 is 11.5 Å². The Kier molecular flexibility index (Phi) is 3.69. The zero-order valence-corrected chi connectivity index (χ0v) is 11.0. The third-order valence-electron chi connectivity index (χ3n) is 3.56. The van der Waals surface area contributed by atoms with Crippen molar-refractivity contribution in [2.45, 2.75) is 46.1 Å². The average molecular weight is 242 g/mol. The Hall–Kier alpha value is -1.26. The van der Waals surface area contributed by atoms with Crippen molar-refractivity contribution in [3.8, 4) is 0 Å². The van der Waals surface area contributed by atoms with Crippen molar-refractivity contribution in [1.29, 1.82) is 0 Å². The predicted octanol–water partition coefficient (Wildman–Crippen LogP) is 1.58. The first-order chi connectivity index (χ1) is 7.67. The van der Waals surface area contributed by atoms with E-state index in [4.69, 9.17) is 5.11 Å². The van der Waals surface area contributed by atoms with Crippen LogP contribution >= 0.6 is 0 Å². The molecule has 0 aromatic carbocycles. The summed E-state index contributed by atoms with van der Waals surface area (Å²) in [4.78, 5) is 22.4. The fourth-order valence-corrected chi connectivity index (χ4v) is 1.33. The fourth-order valence-electron chi connectivity index (χ4n) is 1.33. The molecule has 1 unspecified atom stereocenters. The van der Waals surface area contributed by atoms with E-state index >= 15 is 0 Å². The summed E-state index contributed by atoms with van der Waals surface area (Å²) in [7, 11) is 0. The molecule has 1 saturated carbocycles. The maximum Gasteiger partial charge on any atom is 0.329 e. The van der Waals surface area contributed by atoms with Crippen LogP contribution in [0.15, 0.2) is 0 Å². The molecule has 0 spiro atoms. The number of amides is 2. The van der Waals surface area contributed by atoms with Crippen LogP contribution in [0, 0.1) is 11.3 Å². The van der Waals surface area contributed by atoms with Crippen molar-refractivity contribution in [3.63, 3.8) is 0 Å². The highest BCUT2D eigenvalue weighted by atomic mass is 16.4. The molecule has 0 radical (unpaired) electrons. The second kappa shape index (κ2) is 4.55. The summed E-state index contributed by atoms with van der Waals surface area (Å²) in [6.07, 6.45) is 1.04. The van der Waals surface area contributed by atoms with Crippen LogP contribution in [-0.2, 0) is 4.79 Å². The smallest absolute Gasteiger partial charge is 0.329 e. The van der Waals surface area contributed by atoms with Crippen LogP contribution in [0.25, 0.3) is 0 Å². The van der Waals surface area contributed by atoms with Gasteiger partial charge >= 0.3 is 12.0 Å². The van der Waals surface area contributed by atoms with Crippen LogP contribution in [0.5, 0.6) is 0 Å². The van der Waals surface area contributed by atoms with E-state index in [9.17, 15) is 9.59 Å². The Morgan fingerprint density at radius 2 is 1.88 bits per heavy atom. The van der Waals surface area contributed by atoms with Gasteiger partial charge in [0.05, 0.1) is 0 Å². The summed E-state index contributed by atoms with van der Waals surface area (Å²) in [5.41, 5.74) is -0.883. The fraction of sp³-hybridized carbons (Fsp3) is 0.833. The van der Waals surface area contributed by atoms with Gasteiger partial charge < -0.3 is 15.7 Å². The molecule has 0 aromatic heterocycles. The summed E-state index contributed by atoms with van der Waals surface area (Å²) in [6, 6.07) is -0.388. The summed E-state index contributed by atoms with van der Waals surface area (Å²) < 4.78 is 0. The highest BCUT2D eigenvalue weighted by Crippen LogP contribution is 2.35. The molecule has 2 amide bonds. The zero-order chi connectivity index (χ0) is 13.3. The SMILES string of the molecule is CC(CNC(=O)NC1(C(=O)O)CC1)C(C)(C)C. The van der Waals surface area contributed by atoms with Crippen molar-refractivity contribution in [1.82, 2.24) is 10.6 Å². The van der Waals surface area contributed by atoms with Crippen molar-refractivity contribution in [2.24, 2.45) is 11.3 Å². The lowest BCUT2D eigenvalue weighted by atomic mass is 9.82. The molecule has 98 valence electrons. The van der Waals surface area contributed by atoms with Gasteiger partial charge in [-0.15, -0.1) is 0 Å². The summed E-state index contributed by atoms with van der Waals surface area (Å²) in [5, 5.41) is 14.2. The quantitative estimate of drug-likeness (QED) is 0.700. The molecule has 1 atom stereocenters. The minimum atomic E-state index is -1.00. The number of carbonyl (C=O) groups is 2. The number of carboxylic acids is 1. The van der Waals surface area contributed by atoms with Crippen molar-refractivity contribution >= 4 is 12.0 Å². The van der Waals surface area contributed by atoms with Gasteiger partial charge in [-0.25, -0.2) is 9.59 Å². The van der Waals surface area contributed by atoms with E-state index in [0.29, 0.717) is 25.3 Å². The number of rotatable bonds is 4. The molecule has 0 aliphatic heterocycles. The lowest BCUT2D eigenvalue weighted by Crippen LogP contribution is -2.49. The third kappa shape index (κ3) is 3.61. The molecule has 5 heteroatoms. The predicted molar refractivity (Wildman–Crippen MR) is 64.8 cm³/mol. The van der Waals surface area contributed by atoms with Crippen LogP contribution in [0.1, 0.15) is 40.5 Å². The van der Waals surface area contributed by atoms with E-state index in [0.717, 1.165) is 0 Å². The van der Waals surface area contributed by atoms with Gasteiger partial charge in [-0.1, -0.05) is 27.7 Å². The van der Waals surface area contributed by atoms with Crippen molar-refractivity contribution in [3.05, 3.63) is 0 Å². The molecule has 5 nitrogen and oxygen atoms in total. The summed E-state index contributed by atoms with van der Waals surface area (Å²) >= 11 is 0. The molecule has 3 N–H and O–H groups in total. The van der Waals surface area contributed by atoms with Crippen LogP contribution < -0.4 is 10.6 Å². The van der Waals surface area contributed by atoms with Crippen LogP contribution in [0.4, 0.5) is 4.79 Å². The Morgan fingerprint density at radius 1 is 1.35 bits per heavy atom. The molecular weight excluding hydrogens is 220 g/mol. The van der Waals surface area contributed by atoms with Crippen molar-refractivity contribution in [2.75, 3.05) is 6.54 Å². The number of aliphatic carboxylic acids is 1. The van der Waals surface area contributed by atoms with Gasteiger partial charge in [0.25, 0.3) is 0 Å². The Bertz CT molecular complexity index is 316. The second-order valence-electron chi connectivity index (χ2n) is 5.99. The Morgan fingerprint density at radius 3 is 2.24 bits per heavy atom. The summed E-state index contributed by atoms with van der Waals surface area (Å²) in [5.74, 6) is -0.621. The molecule has 0 bridgehead atoms. The van der Waals surface area contributed by atoms with E-state index in [-0.39, 0.29) is 11.4 Å². The number of carboxylic acid groups (broad SMARTS) is 1. The van der Waals surface area contributed by atoms with E-state index in [1.807, 2.05) is 0 Å². The Balaban J connectivity index is 2.34. The number of hydrogen-bond donors (Lipinski definition) is 3. The van der Waals surface area contributed by atoms with Gasteiger partial charge in [0.15, 0.2) is 0 Å². The second-order valence-corrected chi connectivity index (χ2v) is 5.99. The van der Waals surface area contributed by atoms with Crippen molar-refractivity contribution < 1.29 is 14.7 Å². The van der Waals surface area contributed by atoms with Crippen LogP contribution in [-0.4, -0.2) is 29.2 Å². The van der Waals surface area contributed by atoms with Gasteiger partial charge in [0.1, 0.15) is 5.54 Å². The van der Waals surface area contributed by atoms with E-state index in [1.54, 1.807) is 0 Å². The van der Waals surface area contributed by atoms with Crippen LogP contribution in [0.2, 0.25) is 0 Å². The third-order valence-corrected chi connectivity index (χ3v) is 3.56. The lowest BCUT2D eigenvalue weighted by molar-refractivity contribution is -0.140. The van der Waals surface area contributed by atoms with Gasteiger partial charge in [-0.3, -0.25) is 0 Å². The highest BCUT2D eigenvalue weighted by molar-refractivity contribution is 5.88. The first-order valence-electron chi connectivity index (χ1n) is 5.97. The topological polar surface area (TPSA) is 78.4 Å². The minimum Gasteiger partial charge on any atom is -0.480 e. The first kappa shape index (κ1) is 13.8. The molecule has 1 aliphatic carbocycles. The summed E-state index contributed by atoms with van der Waals surface area (Å²) in [6.45, 7) is 8.93. The lowest BCUT2D eigenvalue weighted by Gasteiger charge is -2.27. The normalized spacial score (nSPS) is 19.3. The monoisotopic (exact) mass is 242 g/mol. The van der Waals surface area contributed by atoms with Crippen LogP contribution in [0.3, 0.4) is 0 Å². The Labute approximate surface area is 102 Å². The maximum absolute atomic E-state index is 11.5. The van der Waals surface area contributed by atoms with Gasteiger partial charge in [0.2, 0.25) is 0 Å². The zero-order valence-electron chi connectivity index (χ0n) is 11.0. The number of carbonyl (C=O) groups excluding carboxylic acids is 1. The van der Waals surface area contributed by atoms with Gasteiger partial charge in [-0.2, -0.15) is 0 Å². The molecule has 0 heterocycles. The first-order valence-corrected chi connectivity index (χ1v) is 5.97. The molecule has 17 heavy (non-hydrogen) atoms. The maximum atomic E-state index is 11.5. The molecular formula is C12H22N2O3. The highest BCUT2D eigenvalue weighted by Gasteiger charge is 2.51. The van der Waals surface area contributed by atoms with E-state index in [1.165, 1.54) is 0 Å². The number of urea groups is 1. The molecule has 1 aliphatic rings. The average Bonchev–Trinajstić information content (AvgIpc) is 2.93. The number of hydrogen-bond acceptors (Lipinski definition) is 2. The largest absolute Gasteiger partial charge is 0.480 e.